The lowest BCUT2D eigenvalue weighted by Crippen LogP contribution is -2.05. The molecule has 1 heterocycles. The van der Waals surface area contributed by atoms with Gasteiger partial charge in [0.05, 0.1) is 17.6 Å². The van der Waals surface area contributed by atoms with Crippen LogP contribution in [0.1, 0.15) is 54.1 Å². The van der Waals surface area contributed by atoms with Crippen molar-refractivity contribution >= 4 is 0 Å². The van der Waals surface area contributed by atoms with Crippen molar-refractivity contribution in [2.24, 2.45) is 0 Å². The molecule has 0 spiro atoms. The van der Waals surface area contributed by atoms with E-state index < -0.39 is 0 Å². The smallest absolute Gasteiger partial charge is 0.0831 e. The molecule has 0 atom stereocenters. The molecule has 0 radical (unpaired) electrons. The molecule has 2 aromatic carbocycles. The van der Waals surface area contributed by atoms with Crippen LogP contribution in [0.5, 0.6) is 0 Å². The summed E-state index contributed by atoms with van der Waals surface area (Å²) in [6.07, 6.45) is 11.1. The largest absolute Gasteiger partial charge is 0.220 e. The molecule has 0 amide bonds. The summed E-state index contributed by atoms with van der Waals surface area (Å²) < 4.78 is 1.99. The van der Waals surface area contributed by atoms with Gasteiger partial charge in [0.1, 0.15) is 0 Å². The number of aromatic nitrogens is 3. The molecule has 7 rings (SSSR count). The van der Waals surface area contributed by atoms with E-state index in [-0.39, 0.29) is 0 Å². The molecule has 0 fully saturated rings. The van der Waals surface area contributed by atoms with Gasteiger partial charge in [0.25, 0.3) is 0 Å². The Morgan fingerprint density at radius 2 is 1.54 bits per heavy atom. The molecule has 0 aliphatic heterocycles. The number of benzene rings is 2. The van der Waals surface area contributed by atoms with Crippen LogP contribution in [0, 0.1) is 0 Å². The summed E-state index contributed by atoms with van der Waals surface area (Å²) >= 11 is 0. The minimum absolute atomic E-state index is 1.02. The second kappa shape index (κ2) is 7.86. The maximum atomic E-state index is 4.44. The van der Waals surface area contributed by atoms with E-state index >= 15 is 0 Å². The van der Waals surface area contributed by atoms with Crippen molar-refractivity contribution in [3.8, 4) is 5.69 Å². The van der Waals surface area contributed by atoms with E-state index in [9.17, 15) is 0 Å². The van der Waals surface area contributed by atoms with Gasteiger partial charge in [0, 0.05) is 0 Å². The Balaban J connectivity index is 1.62. The zero-order chi connectivity index (χ0) is 17.8. The Hall–Kier alpha value is -2.42. The molecule has 0 saturated heterocycles. The predicted molar refractivity (Wildman–Crippen MR) is 106 cm³/mol. The maximum absolute atomic E-state index is 4.44. The lowest BCUT2D eigenvalue weighted by atomic mass is 9.95. The lowest BCUT2D eigenvalue weighted by molar-refractivity contribution is 0.703. The van der Waals surface area contributed by atoms with Crippen molar-refractivity contribution in [3.63, 3.8) is 0 Å². The Morgan fingerprint density at radius 1 is 0.846 bits per heavy atom. The molecule has 0 saturated carbocycles. The number of unbranched alkanes of at least 4 members (excludes halogenated alkanes) is 2. The van der Waals surface area contributed by atoms with E-state index in [0.29, 0.717) is 0 Å². The molecule has 3 heteroatoms. The number of aryl methyl sites for hydroxylation is 5. The summed E-state index contributed by atoms with van der Waals surface area (Å²) in [5, 5.41) is 8.85. The number of hydrogen-bond acceptors (Lipinski definition) is 2. The summed E-state index contributed by atoms with van der Waals surface area (Å²) in [7, 11) is 0. The first-order chi connectivity index (χ1) is 12.8. The first-order valence-electron chi connectivity index (χ1n) is 9.93. The molecule has 4 aliphatic rings. The van der Waals surface area contributed by atoms with E-state index in [0.717, 1.165) is 37.8 Å². The number of rotatable bonds is 5. The molecular formula is C23H27N3. The summed E-state index contributed by atoms with van der Waals surface area (Å²) in [6, 6.07) is 16.0. The van der Waals surface area contributed by atoms with Crippen LogP contribution >= 0.6 is 0 Å². The highest BCUT2D eigenvalue weighted by Crippen LogP contribution is 2.22. The van der Waals surface area contributed by atoms with Gasteiger partial charge in [-0.05, 0) is 66.8 Å². The molecule has 3 aromatic rings. The monoisotopic (exact) mass is 345 g/mol. The van der Waals surface area contributed by atoms with E-state index in [2.05, 4.69) is 65.9 Å². The Morgan fingerprint density at radius 3 is 2.31 bits per heavy atom. The van der Waals surface area contributed by atoms with Gasteiger partial charge < -0.3 is 0 Å². The highest BCUT2D eigenvalue weighted by atomic mass is 15.4. The molecule has 3 nitrogen and oxygen atoms in total. The standard InChI is InChI=1S/C23H27N3/c1-2-3-4-5-22-17-26(25-24-22)23-16-20-11-10-18-6-8-19(9-7-18)12-14-21(23)15-13-20/h6-9,13,15-17H,2-5,10-12,14H2,1H3. The minimum Gasteiger partial charge on any atom is -0.220 e. The molecule has 0 unspecified atom stereocenters. The molecule has 4 bridgehead atoms. The second-order valence-corrected chi connectivity index (χ2v) is 7.39. The van der Waals surface area contributed by atoms with Crippen LogP contribution in [0.2, 0.25) is 0 Å². The normalized spacial score (nSPS) is 13.6. The fourth-order valence-corrected chi connectivity index (χ4v) is 3.72. The van der Waals surface area contributed by atoms with Crippen molar-refractivity contribution < 1.29 is 0 Å². The zero-order valence-electron chi connectivity index (χ0n) is 15.6. The van der Waals surface area contributed by atoms with Gasteiger partial charge in [-0.1, -0.05) is 61.4 Å². The number of nitrogens with zero attached hydrogens (tertiary/aromatic N) is 3. The van der Waals surface area contributed by atoms with Gasteiger partial charge in [-0.3, -0.25) is 0 Å². The van der Waals surface area contributed by atoms with Crippen molar-refractivity contribution in [2.75, 3.05) is 0 Å². The van der Waals surface area contributed by atoms with Crippen LogP contribution in [-0.4, -0.2) is 15.0 Å². The van der Waals surface area contributed by atoms with Gasteiger partial charge in [-0.15, -0.1) is 5.10 Å². The summed E-state index contributed by atoms with van der Waals surface area (Å²) in [4.78, 5) is 0. The van der Waals surface area contributed by atoms with Crippen LogP contribution < -0.4 is 0 Å². The van der Waals surface area contributed by atoms with Crippen molar-refractivity contribution in [2.45, 2.75) is 58.3 Å². The quantitative estimate of drug-likeness (QED) is 0.617. The van der Waals surface area contributed by atoms with E-state index in [1.54, 1.807) is 0 Å². The van der Waals surface area contributed by atoms with E-state index in [1.807, 2.05) is 4.68 Å². The molecule has 0 N–H and O–H groups in total. The van der Waals surface area contributed by atoms with Crippen LogP contribution in [-0.2, 0) is 32.1 Å². The molecule has 1 aromatic heterocycles. The van der Waals surface area contributed by atoms with Crippen LogP contribution in [0.4, 0.5) is 0 Å². The highest BCUT2D eigenvalue weighted by Gasteiger charge is 2.11. The van der Waals surface area contributed by atoms with Crippen molar-refractivity contribution in [1.82, 2.24) is 15.0 Å². The molecule has 4 aliphatic carbocycles. The van der Waals surface area contributed by atoms with Gasteiger partial charge >= 0.3 is 0 Å². The topological polar surface area (TPSA) is 30.7 Å². The fourth-order valence-electron chi connectivity index (χ4n) is 3.72. The van der Waals surface area contributed by atoms with Crippen molar-refractivity contribution in [3.05, 3.63) is 76.6 Å². The summed E-state index contributed by atoms with van der Waals surface area (Å²) in [5.41, 5.74) is 7.85. The predicted octanol–water partition coefficient (Wildman–Crippen LogP) is 4.88. The highest BCUT2D eigenvalue weighted by molar-refractivity contribution is 5.45. The van der Waals surface area contributed by atoms with Gasteiger partial charge in [-0.25, -0.2) is 4.68 Å². The first-order valence-corrected chi connectivity index (χ1v) is 9.93. The van der Waals surface area contributed by atoms with Crippen LogP contribution in [0.25, 0.3) is 5.69 Å². The molecular weight excluding hydrogens is 318 g/mol. The molecule has 26 heavy (non-hydrogen) atoms. The summed E-state index contributed by atoms with van der Waals surface area (Å²) in [6.45, 7) is 2.23. The first kappa shape index (κ1) is 17.0. The van der Waals surface area contributed by atoms with Crippen LogP contribution in [0.3, 0.4) is 0 Å². The van der Waals surface area contributed by atoms with Gasteiger partial charge in [0.2, 0.25) is 0 Å². The average Bonchev–Trinajstić information content (AvgIpc) is 3.13. The Kier molecular flexibility index (Phi) is 5.14. The van der Waals surface area contributed by atoms with Gasteiger partial charge in [-0.2, -0.15) is 0 Å². The minimum atomic E-state index is 1.02. The van der Waals surface area contributed by atoms with E-state index in [4.69, 9.17) is 0 Å². The Bertz CT molecular complexity index is 861. The zero-order valence-corrected chi connectivity index (χ0v) is 15.6. The second-order valence-electron chi connectivity index (χ2n) is 7.39. The Labute approximate surface area is 156 Å². The fraction of sp³-hybridized carbons (Fsp3) is 0.391. The van der Waals surface area contributed by atoms with Crippen LogP contribution in [0.15, 0.2) is 48.7 Å². The molecule has 134 valence electrons. The lowest BCUT2D eigenvalue weighted by Gasteiger charge is -2.14. The van der Waals surface area contributed by atoms with Crippen molar-refractivity contribution in [1.29, 1.82) is 0 Å². The third kappa shape index (κ3) is 3.87. The maximum Gasteiger partial charge on any atom is 0.0831 e. The number of hydrogen-bond donors (Lipinski definition) is 0. The summed E-state index contributed by atoms with van der Waals surface area (Å²) in [5.74, 6) is 0. The third-order valence-electron chi connectivity index (χ3n) is 5.38. The SMILES string of the molecule is CCCCCc1cn(-c2cc3ccc2CCc2ccc(cc2)CC3)nn1. The van der Waals surface area contributed by atoms with Gasteiger partial charge in [0.15, 0.2) is 0 Å². The van der Waals surface area contributed by atoms with E-state index in [1.165, 1.54) is 47.2 Å². The third-order valence-corrected chi connectivity index (χ3v) is 5.38. The average molecular weight is 345 g/mol.